The van der Waals surface area contributed by atoms with Gasteiger partial charge < -0.3 is 15.0 Å². The molecule has 0 aromatic rings. The summed E-state index contributed by atoms with van der Waals surface area (Å²) in [5.41, 5.74) is 0. The second-order valence-electron chi connectivity index (χ2n) is 4.54. The minimum Gasteiger partial charge on any atom is -0.379 e. The van der Waals surface area contributed by atoms with Gasteiger partial charge in [-0.25, -0.2) is 0 Å². The van der Waals surface area contributed by atoms with Gasteiger partial charge in [0, 0.05) is 19.1 Å². The maximum absolute atomic E-state index is 5.50. The van der Waals surface area contributed by atoms with Crippen molar-refractivity contribution in [3.8, 4) is 0 Å². The fraction of sp³-hybridized carbons (Fsp3) is 1.00. The molecule has 0 saturated heterocycles. The highest BCUT2D eigenvalue weighted by Gasteiger charge is 2.07. The van der Waals surface area contributed by atoms with Gasteiger partial charge in [-0.1, -0.05) is 20.3 Å². The van der Waals surface area contributed by atoms with Gasteiger partial charge in [0.15, 0.2) is 0 Å². The van der Waals surface area contributed by atoms with Crippen molar-refractivity contribution in [1.82, 2.24) is 10.2 Å². The average Bonchev–Trinajstić information content (AvgIpc) is 2.21. The lowest BCUT2D eigenvalue weighted by molar-refractivity contribution is 0.116. The Kier molecular flexibility index (Phi) is 9.06. The van der Waals surface area contributed by atoms with Crippen molar-refractivity contribution in [3.63, 3.8) is 0 Å². The summed E-state index contributed by atoms with van der Waals surface area (Å²) in [6, 6.07) is 0.590. The van der Waals surface area contributed by atoms with Gasteiger partial charge in [0.1, 0.15) is 0 Å². The van der Waals surface area contributed by atoms with Gasteiger partial charge in [-0.2, -0.15) is 0 Å². The Bertz CT molecular complexity index is 140. The van der Waals surface area contributed by atoms with E-state index >= 15 is 0 Å². The van der Waals surface area contributed by atoms with E-state index < -0.39 is 0 Å². The molecule has 0 heterocycles. The Morgan fingerprint density at radius 3 is 2.40 bits per heavy atom. The molecule has 3 heteroatoms. The van der Waals surface area contributed by atoms with Crippen LogP contribution in [-0.4, -0.2) is 51.3 Å². The SMILES string of the molecule is CCC(C)C(C)NCCOCCN(C)C. The van der Waals surface area contributed by atoms with E-state index in [-0.39, 0.29) is 0 Å². The third-order valence-electron chi connectivity index (χ3n) is 2.89. The maximum atomic E-state index is 5.50. The van der Waals surface area contributed by atoms with Crippen molar-refractivity contribution >= 4 is 0 Å². The summed E-state index contributed by atoms with van der Waals surface area (Å²) in [7, 11) is 4.12. The number of rotatable bonds is 9. The number of nitrogens with one attached hydrogen (secondary N) is 1. The first kappa shape index (κ1) is 14.9. The van der Waals surface area contributed by atoms with Gasteiger partial charge in [-0.15, -0.1) is 0 Å². The van der Waals surface area contributed by atoms with Gasteiger partial charge in [-0.05, 0) is 26.9 Å². The van der Waals surface area contributed by atoms with E-state index in [0.717, 1.165) is 32.2 Å². The molecular weight excluding hydrogens is 188 g/mol. The smallest absolute Gasteiger partial charge is 0.0593 e. The number of ether oxygens (including phenoxy) is 1. The monoisotopic (exact) mass is 216 g/mol. The molecule has 0 aliphatic carbocycles. The molecule has 15 heavy (non-hydrogen) atoms. The Morgan fingerprint density at radius 2 is 1.87 bits per heavy atom. The van der Waals surface area contributed by atoms with Crippen LogP contribution in [-0.2, 0) is 4.74 Å². The molecule has 0 radical (unpaired) electrons. The van der Waals surface area contributed by atoms with Crippen molar-refractivity contribution in [3.05, 3.63) is 0 Å². The van der Waals surface area contributed by atoms with Crippen molar-refractivity contribution in [2.45, 2.75) is 33.2 Å². The third kappa shape index (κ3) is 8.85. The summed E-state index contributed by atoms with van der Waals surface area (Å²) in [5, 5.41) is 3.48. The van der Waals surface area contributed by atoms with E-state index in [0.29, 0.717) is 6.04 Å². The molecule has 0 aliphatic heterocycles. The number of nitrogens with zero attached hydrogens (tertiary/aromatic N) is 1. The first-order valence-electron chi connectivity index (χ1n) is 6.03. The molecule has 0 amide bonds. The number of hydrogen-bond acceptors (Lipinski definition) is 3. The lowest BCUT2D eigenvalue weighted by atomic mass is 10.0. The van der Waals surface area contributed by atoms with Crippen LogP contribution in [0.4, 0.5) is 0 Å². The lowest BCUT2D eigenvalue weighted by Gasteiger charge is -2.19. The summed E-state index contributed by atoms with van der Waals surface area (Å²) >= 11 is 0. The van der Waals surface area contributed by atoms with Crippen LogP contribution in [0.1, 0.15) is 27.2 Å². The molecule has 3 nitrogen and oxygen atoms in total. The molecule has 2 atom stereocenters. The van der Waals surface area contributed by atoms with E-state index in [2.05, 4.69) is 45.1 Å². The molecule has 0 saturated carbocycles. The quantitative estimate of drug-likeness (QED) is 0.592. The van der Waals surface area contributed by atoms with E-state index in [4.69, 9.17) is 4.74 Å². The lowest BCUT2D eigenvalue weighted by Crippen LogP contribution is -2.34. The minimum atomic E-state index is 0.590. The van der Waals surface area contributed by atoms with Crippen LogP contribution < -0.4 is 5.32 Å². The van der Waals surface area contributed by atoms with Crippen LogP contribution in [0.2, 0.25) is 0 Å². The van der Waals surface area contributed by atoms with Gasteiger partial charge in [0.2, 0.25) is 0 Å². The van der Waals surface area contributed by atoms with E-state index in [1.54, 1.807) is 0 Å². The highest BCUT2D eigenvalue weighted by atomic mass is 16.5. The van der Waals surface area contributed by atoms with Gasteiger partial charge in [-0.3, -0.25) is 0 Å². The Labute approximate surface area is 95.2 Å². The van der Waals surface area contributed by atoms with E-state index in [1.807, 2.05) is 0 Å². The Balaban J connectivity index is 3.23. The summed E-state index contributed by atoms with van der Waals surface area (Å²) in [6.45, 7) is 10.4. The van der Waals surface area contributed by atoms with E-state index in [9.17, 15) is 0 Å². The molecule has 0 spiro atoms. The van der Waals surface area contributed by atoms with Gasteiger partial charge in [0.05, 0.1) is 13.2 Å². The van der Waals surface area contributed by atoms with Crippen LogP contribution in [0, 0.1) is 5.92 Å². The number of likely N-dealkylation sites (N-methyl/N-ethyl adjacent to an activating group) is 1. The molecule has 0 bridgehead atoms. The zero-order chi connectivity index (χ0) is 11.7. The molecule has 0 aromatic carbocycles. The Hall–Kier alpha value is -0.120. The highest BCUT2D eigenvalue weighted by molar-refractivity contribution is 4.66. The highest BCUT2D eigenvalue weighted by Crippen LogP contribution is 2.05. The van der Waals surface area contributed by atoms with Crippen LogP contribution in [0.3, 0.4) is 0 Å². The van der Waals surface area contributed by atoms with Crippen LogP contribution >= 0.6 is 0 Å². The zero-order valence-electron chi connectivity index (χ0n) is 11.0. The predicted octanol–water partition coefficient (Wildman–Crippen LogP) is 1.59. The molecule has 0 fully saturated rings. The molecule has 0 aromatic heterocycles. The van der Waals surface area contributed by atoms with Gasteiger partial charge in [0.25, 0.3) is 0 Å². The molecule has 2 unspecified atom stereocenters. The maximum Gasteiger partial charge on any atom is 0.0593 e. The summed E-state index contributed by atoms with van der Waals surface area (Å²) in [4.78, 5) is 2.13. The molecule has 92 valence electrons. The normalized spacial score (nSPS) is 15.6. The standard InChI is InChI=1S/C12H28N2O/c1-6-11(2)12(3)13-7-9-15-10-8-14(4)5/h11-13H,6-10H2,1-5H3. The van der Waals surface area contributed by atoms with Crippen molar-refractivity contribution in [2.24, 2.45) is 5.92 Å². The topological polar surface area (TPSA) is 24.5 Å². The first-order valence-corrected chi connectivity index (χ1v) is 6.03. The minimum absolute atomic E-state index is 0.590. The summed E-state index contributed by atoms with van der Waals surface area (Å²) < 4.78 is 5.50. The largest absolute Gasteiger partial charge is 0.379 e. The fourth-order valence-electron chi connectivity index (χ4n) is 1.26. The third-order valence-corrected chi connectivity index (χ3v) is 2.89. The summed E-state index contributed by atoms with van der Waals surface area (Å²) in [5.74, 6) is 0.742. The van der Waals surface area contributed by atoms with Gasteiger partial charge >= 0.3 is 0 Å². The van der Waals surface area contributed by atoms with Crippen molar-refractivity contribution < 1.29 is 4.74 Å². The fourth-order valence-corrected chi connectivity index (χ4v) is 1.26. The molecule has 1 N–H and O–H groups in total. The van der Waals surface area contributed by atoms with Crippen LogP contribution in [0.25, 0.3) is 0 Å². The molecule has 0 rings (SSSR count). The molecular formula is C12H28N2O. The van der Waals surface area contributed by atoms with E-state index in [1.165, 1.54) is 6.42 Å². The van der Waals surface area contributed by atoms with Crippen molar-refractivity contribution in [2.75, 3.05) is 40.4 Å². The zero-order valence-corrected chi connectivity index (χ0v) is 11.0. The first-order chi connectivity index (χ1) is 7.07. The summed E-state index contributed by atoms with van der Waals surface area (Å²) in [6.07, 6.45) is 1.23. The average molecular weight is 216 g/mol. The van der Waals surface area contributed by atoms with Crippen LogP contribution in [0.5, 0.6) is 0 Å². The second kappa shape index (κ2) is 9.13. The number of hydrogen-bond donors (Lipinski definition) is 1. The van der Waals surface area contributed by atoms with Crippen LogP contribution in [0.15, 0.2) is 0 Å². The molecule has 0 aliphatic rings. The Morgan fingerprint density at radius 1 is 1.20 bits per heavy atom. The van der Waals surface area contributed by atoms with Crippen molar-refractivity contribution in [1.29, 1.82) is 0 Å². The second-order valence-corrected chi connectivity index (χ2v) is 4.54. The predicted molar refractivity (Wildman–Crippen MR) is 66.3 cm³/mol.